The lowest BCUT2D eigenvalue weighted by atomic mass is 9.92. The highest BCUT2D eigenvalue weighted by Crippen LogP contribution is 2.43. The Hall–Kier alpha value is 0.440. The van der Waals surface area contributed by atoms with E-state index >= 15 is 0 Å². The van der Waals surface area contributed by atoms with Gasteiger partial charge in [0.25, 0.3) is 0 Å². The fraction of sp³-hybridized carbons (Fsp3) is 0.556. The van der Waals surface area contributed by atoms with Crippen LogP contribution < -0.4 is 0 Å². The number of hydrogen-bond donors (Lipinski definition) is 0. The van der Waals surface area contributed by atoms with E-state index in [4.69, 9.17) is 0 Å². The molecule has 2 aliphatic rings. The summed E-state index contributed by atoms with van der Waals surface area (Å²) in [6.45, 7) is 0. The summed E-state index contributed by atoms with van der Waals surface area (Å²) < 4.78 is 0. The van der Waals surface area contributed by atoms with Gasteiger partial charge in [0.05, 0.1) is 0 Å². The van der Waals surface area contributed by atoms with Crippen molar-refractivity contribution >= 4 is 31.9 Å². The van der Waals surface area contributed by atoms with Crippen LogP contribution in [0.2, 0.25) is 0 Å². The molecule has 0 aliphatic heterocycles. The SMILES string of the molecule is BrC1CC2C=CC=CC2C1Br. The molecule has 0 amide bonds. The zero-order valence-electron chi connectivity index (χ0n) is 6.08. The lowest BCUT2D eigenvalue weighted by Crippen LogP contribution is -2.15. The first kappa shape index (κ1) is 8.06. The van der Waals surface area contributed by atoms with Crippen LogP contribution in [0.15, 0.2) is 24.3 Å². The van der Waals surface area contributed by atoms with E-state index in [0.29, 0.717) is 15.6 Å². The van der Waals surface area contributed by atoms with Gasteiger partial charge in [-0.1, -0.05) is 56.2 Å². The molecule has 0 aromatic rings. The van der Waals surface area contributed by atoms with Gasteiger partial charge in [0.2, 0.25) is 0 Å². The van der Waals surface area contributed by atoms with E-state index in [1.165, 1.54) is 6.42 Å². The largest absolute Gasteiger partial charge is 0.0878 e. The van der Waals surface area contributed by atoms with Gasteiger partial charge in [0, 0.05) is 9.65 Å². The van der Waals surface area contributed by atoms with Gasteiger partial charge in [-0.05, 0) is 18.3 Å². The normalized spacial score (nSPS) is 47.8. The zero-order chi connectivity index (χ0) is 7.84. The number of alkyl halides is 2. The molecule has 0 saturated heterocycles. The van der Waals surface area contributed by atoms with Crippen molar-refractivity contribution in [3.63, 3.8) is 0 Å². The van der Waals surface area contributed by atoms with Crippen molar-refractivity contribution in [2.24, 2.45) is 11.8 Å². The second-order valence-corrected chi connectivity index (χ2v) is 5.44. The van der Waals surface area contributed by atoms with Crippen molar-refractivity contribution in [1.29, 1.82) is 0 Å². The zero-order valence-corrected chi connectivity index (χ0v) is 9.25. The van der Waals surface area contributed by atoms with Crippen molar-refractivity contribution in [2.45, 2.75) is 16.1 Å². The van der Waals surface area contributed by atoms with Crippen LogP contribution in [0.5, 0.6) is 0 Å². The molecule has 2 rings (SSSR count). The second-order valence-electron chi connectivity index (χ2n) is 3.21. The molecule has 60 valence electrons. The molecule has 1 saturated carbocycles. The molecule has 0 N–H and O–H groups in total. The Morgan fingerprint density at radius 2 is 1.82 bits per heavy atom. The van der Waals surface area contributed by atoms with Crippen LogP contribution in [0.3, 0.4) is 0 Å². The van der Waals surface area contributed by atoms with Crippen molar-refractivity contribution in [2.75, 3.05) is 0 Å². The predicted octanol–water partition coefficient (Wildman–Crippen LogP) is 3.28. The fourth-order valence-corrected chi connectivity index (χ4v) is 3.45. The van der Waals surface area contributed by atoms with E-state index in [-0.39, 0.29) is 0 Å². The first-order valence-corrected chi connectivity index (χ1v) is 5.75. The summed E-state index contributed by atoms with van der Waals surface area (Å²) in [6, 6.07) is 0. The minimum atomic E-state index is 0.619. The van der Waals surface area contributed by atoms with Gasteiger partial charge in [0.15, 0.2) is 0 Å². The highest BCUT2D eigenvalue weighted by atomic mass is 79.9. The summed E-state index contributed by atoms with van der Waals surface area (Å²) in [6.07, 6.45) is 10.2. The Bertz CT molecular complexity index is 208. The van der Waals surface area contributed by atoms with E-state index in [1.54, 1.807) is 0 Å². The van der Waals surface area contributed by atoms with Gasteiger partial charge >= 0.3 is 0 Å². The minimum Gasteiger partial charge on any atom is -0.0878 e. The molecule has 0 aromatic heterocycles. The fourth-order valence-electron chi connectivity index (χ4n) is 1.88. The summed E-state index contributed by atoms with van der Waals surface area (Å²) in [7, 11) is 0. The van der Waals surface area contributed by atoms with Crippen LogP contribution in [0, 0.1) is 11.8 Å². The first-order chi connectivity index (χ1) is 5.29. The van der Waals surface area contributed by atoms with Gasteiger partial charge in [0.1, 0.15) is 0 Å². The smallest absolute Gasteiger partial charge is 0.0339 e. The molecule has 0 spiro atoms. The number of fused-ring (bicyclic) bond motifs is 1. The molecular weight excluding hydrogens is 268 g/mol. The summed E-state index contributed by atoms with van der Waals surface area (Å²) in [5.74, 6) is 1.47. The maximum Gasteiger partial charge on any atom is 0.0339 e. The third kappa shape index (κ3) is 1.35. The number of rotatable bonds is 0. The highest BCUT2D eigenvalue weighted by molar-refractivity contribution is 9.12. The van der Waals surface area contributed by atoms with Crippen LogP contribution >= 0.6 is 31.9 Å². The van der Waals surface area contributed by atoms with Crippen molar-refractivity contribution in [1.82, 2.24) is 0 Å². The predicted molar refractivity (Wildman–Crippen MR) is 55.3 cm³/mol. The molecule has 0 bridgehead atoms. The average molecular weight is 278 g/mol. The third-order valence-corrected chi connectivity index (χ3v) is 5.41. The summed E-state index contributed by atoms with van der Waals surface area (Å²) in [4.78, 5) is 1.26. The molecule has 0 heterocycles. The van der Waals surface area contributed by atoms with Gasteiger partial charge < -0.3 is 0 Å². The standard InChI is InChI=1S/C9H10Br2/c10-8-5-6-3-1-2-4-7(6)9(8)11/h1-4,6-9H,5H2. The number of hydrogen-bond acceptors (Lipinski definition) is 0. The first-order valence-electron chi connectivity index (χ1n) is 3.92. The Labute approximate surface area is 84.0 Å². The quantitative estimate of drug-likeness (QED) is 0.596. The summed E-state index contributed by atoms with van der Waals surface area (Å²) in [5, 5.41) is 0. The monoisotopic (exact) mass is 276 g/mol. The molecule has 0 radical (unpaired) electrons. The molecule has 0 nitrogen and oxygen atoms in total. The van der Waals surface area contributed by atoms with E-state index in [0.717, 1.165) is 5.92 Å². The van der Waals surface area contributed by atoms with Gasteiger partial charge in [-0.25, -0.2) is 0 Å². The lowest BCUT2D eigenvalue weighted by molar-refractivity contribution is 0.561. The maximum absolute atomic E-state index is 3.71. The van der Waals surface area contributed by atoms with Crippen molar-refractivity contribution < 1.29 is 0 Å². The topological polar surface area (TPSA) is 0 Å². The number of allylic oxidation sites excluding steroid dienone is 4. The second kappa shape index (κ2) is 3.06. The number of halogens is 2. The van der Waals surface area contributed by atoms with E-state index in [2.05, 4.69) is 56.2 Å². The van der Waals surface area contributed by atoms with Gasteiger partial charge in [-0.3, -0.25) is 0 Å². The van der Waals surface area contributed by atoms with Gasteiger partial charge in [-0.2, -0.15) is 0 Å². The average Bonchev–Trinajstić information content (AvgIpc) is 2.30. The van der Waals surface area contributed by atoms with Crippen LogP contribution in [-0.2, 0) is 0 Å². The lowest BCUT2D eigenvalue weighted by Gasteiger charge is -2.17. The highest BCUT2D eigenvalue weighted by Gasteiger charge is 2.38. The molecule has 4 unspecified atom stereocenters. The molecule has 11 heavy (non-hydrogen) atoms. The van der Waals surface area contributed by atoms with Crippen LogP contribution in [-0.4, -0.2) is 9.65 Å². The Balaban J connectivity index is 2.20. The molecule has 1 fully saturated rings. The van der Waals surface area contributed by atoms with Crippen molar-refractivity contribution in [3.05, 3.63) is 24.3 Å². The summed E-state index contributed by atoms with van der Waals surface area (Å²) >= 11 is 7.39. The maximum atomic E-state index is 3.71. The minimum absolute atomic E-state index is 0.619. The van der Waals surface area contributed by atoms with E-state index < -0.39 is 0 Å². The van der Waals surface area contributed by atoms with Crippen LogP contribution in [0.25, 0.3) is 0 Å². The molecule has 2 heteroatoms. The Morgan fingerprint density at radius 1 is 1.09 bits per heavy atom. The van der Waals surface area contributed by atoms with Crippen LogP contribution in [0.1, 0.15) is 6.42 Å². The molecule has 0 aromatic carbocycles. The van der Waals surface area contributed by atoms with E-state index in [9.17, 15) is 0 Å². The third-order valence-electron chi connectivity index (χ3n) is 2.51. The molecule has 2 aliphatic carbocycles. The van der Waals surface area contributed by atoms with Crippen LogP contribution in [0.4, 0.5) is 0 Å². The molecular formula is C9H10Br2. The van der Waals surface area contributed by atoms with Gasteiger partial charge in [-0.15, -0.1) is 0 Å². The van der Waals surface area contributed by atoms with Crippen molar-refractivity contribution in [3.8, 4) is 0 Å². The Morgan fingerprint density at radius 3 is 2.55 bits per heavy atom. The molecule has 4 atom stereocenters. The summed E-state index contributed by atoms with van der Waals surface area (Å²) in [5.41, 5.74) is 0. The van der Waals surface area contributed by atoms with E-state index in [1.807, 2.05) is 0 Å². The Kier molecular flexibility index (Phi) is 2.24.